The molecule has 96 valence electrons. The van der Waals surface area contributed by atoms with E-state index in [4.69, 9.17) is 15.1 Å². The van der Waals surface area contributed by atoms with Crippen LogP contribution >= 0.6 is 9.24 Å². The van der Waals surface area contributed by atoms with Crippen molar-refractivity contribution < 1.29 is 14.2 Å². The molecule has 0 bridgehead atoms. The van der Waals surface area contributed by atoms with Crippen LogP contribution in [0.2, 0.25) is 0 Å². The van der Waals surface area contributed by atoms with Crippen LogP contribution in [0.5, 0.6) is 11.5 Å². The summed E-state index contributed by atoms with van der Waals surface area (Å²) in [4.78, 5) is 0. The molecule has 0 aliphatic rings. The van der Waals surface area contributed by atoms with Crippen LogP contribution in [-0.2, 0) is 6.61 Å². The Kier molecular flexibility index (Phi) is 4.11. The third-order valence-electron chi connectivity index (χ3n) is 2.57. The van der Waals surface area contributed by atoms with Crippen LogP contribution in [-0.4, -0.2) is 5.11 Å². The van der Waals surface area contributed by atoms with Gasteiger partial charge in [-0.25, -0.2) is 4.39 Å². The minimum absolute atomic E-state index is 0.0411. The second-order valence-corrected chi connectivity index (χ2v) is 4.50. The van der Waals surface area contributed by atoms with Crippen LogP contribution < -0.4 is 10.0 Å². The minimum Gasteiger partial charge on any atom is -0.454 e. The zero-order valence-electron chi connectivity index (χ0n) is 9.93. The highest BCUT2D eigenvalue weighted by Gasteiger charge is 2.07. The van der Waals surface area contributed by atoms with Gasteiger partial charge in [0.2, 0.25) is 0 Å². The van der Waals surface area contributed by atoms with E-state index in [1.165, 1.54) is 12.1 Å². The van der Waals surface area contributed by atoms with E-state index in [2.05, 4.69) is 9.24 Å². The third-order valence-corrected chi connectivity index (χ3v) is 3.14. The van der Waals surface area contributed by atoms with E-state index in [9.17, 15) is 4.39 Å². The number of nitriles is 1. The van der Waals surface area contributed by atoms with Gasteiger partial charge in [0.25, 0.3) is 0 Å². The number of rotatable bonds is 3. The molecule has 0 saturated carbocycles. The maximum Gasteiger partial charge on any atom is 0.167 e. The molecule has 2 rings (SSSR count). The van der Waals surface area contributed by atoms with Crippen molar-refractivity contribution in [1.29, 1.82) is 5.26 Å². The van der Waals surface area contributed by atoms with E-state index >= 15 is 0 Å². The summed E-state index contributed by atoms with van der Waals surface area (Å²) in [6.07, 6.45) is 0. The lowest BCUT2D eigenvalue weighted by Gasteiger charge is -2.09. The second-order valence-electron chi connectivity index (χ2n) is 3.88. The van der Waals surface area contributed by atoms with Crippen molar-refractivity contribution in [1.82, 2.24) is 0 Å². The summed E-state index contributed by atoms with van der Waals surface area (Å²) in [5, 5.41) is 18.7. The van der Waals surface area contributed by atoms with Gasteiger partial charge < -0.3 is 9.84 Å². The number of hydrogen-bond donors (Lipinski definition) is 1. The van der Waals surface area contributed by atoms with Crippen LogP contribution in [0.15, 0.2) is 36.4 Å². The third kappa shape index (κ3) is 3.08. The van der Waals surface area contributed by atoms with Gasteiger partial charge in [0, 0.05) is 0 Å². The molecule has 0 amide bonds. The highest BCUT2D eigenvalue weighted by molar-refractivity contribution is 7.27. The fraction of sp³-hybridized carbons (Fsp3) is 0.0714. The van der Waals surface area contributed by atoms with Crippen molar-refractivity contribution in [3.8, 4) is 17.6 Å². The average Bonchev–Trinajstić information content (AvgIpc) is 2.43. The van der Waals surface area contributed by atoms with Crippen LogP contribution in [0, 0.1) is 17.1 Å². The van der Waals surface area contributed by atoms with E-state index in [0.29, 0.717) is 11.3 Å². The monoisotopic (exact) mass is 275 g/mol. The lowest BCUT2D eigenvalue weighted by Crippen LogP contribution is -2.01. The van der Waals surface area contributed by atoms with Crippen molar-refractivity contribution >= 4 is 14.5 Å². The maximum absolute atomic E-state index is 13.7. The van der Waals surface area contributed by atoms with Gasteiger partial charge in [-0.05, 0) is 41.2 Å². The molecule has 0 heterocycles. The first-order valence-electron chi connectivity index (χ1n) is 5.51. The molecule has 0 radical (unpaired) electrons. The fourth-order valence-electron chi connectivity index (χ4n) is 1.56. The predicted octanol–water partition coefficient (Wildman–Crippen LogP) is 2.48. The number of benzene rings is 2. The first-order chi connectivity index (χ1) is 9.13. The molecule has 1 atom stereocenters. The molecule has 1 N–H and O–H groups in total. The lowest BCUT2D eigenvalue weighted by atomic mass is 10.2. The standard InChI is InChI=1S/C14H11FNO2P/c15-12-5-9(7-16)1-3-13(12)18-11-2-4-14(19)10(6-11)8-17/h1-6,17H,8,19H2. The zero-order valence-corrected chi connectivity index (χ0v) is 11.1. The molecule has 0 aliphatic carbocycles. The van der Waals surface area contributed by atoms with Gasteiger partial charge in [-0.2, -0.15) is 5.26 Å². The van der Waals surface area contributed by atoms with Crippen molar-refractivity contribution in [2.45, 2.75) is 6.61 Å². The molecule has 2 aromatic rings. The van der Waals surface area contributed by atoms with E-state index in [0.717, 1.165) is 11.4 Å². The summed E-state index contributed by atoms with van der Waals surface area (Å²) in [6.45, 7) is -0.119. The molecular formula is C14H11FNO2P. The molecule has 0 fully saturated rings. The first kappa shape index (κ1) is 13.5. The molecule has 2 aromatic carbocycles. The summed E-state index contributed by atoms with van der Waals surface area (Å²) in [7, 11) is 2.50. The van der Waals surface area contributed by atoms with Crippen LogP contribution in [0.3, 0.4) is 0 Å². The van der Waals surface area contributed by atoms with Crippen LogP contribution in [0.1, 0.15) is 11.1 Å². The molecule has 1 unspecified atom stereocenters. The fourth-order valence-corrected chi connectivity index (χ4v) is 1.83. The quantitative estimate of drug-likeness (QED) is 0.875. The number of halogens is 1. The molecule has 0 spiro atoms. The van der Waals surface area contributed by atoms with E-state index in [1.54, 1.807) is 18.2 Å². The first-order valence-corrected chi connectivity index (χ1v) is 6.08. The molecule has 3 nitrogen and oxygen atoms in total. The highest BCUT2D eigenvalue weighted by Crippen LogP contribution is 2.25. The largest absolute Gasteiger partial charge is 0.454 e. The summed E-state index contributed by atoms with van der Waals surface area (Å²) in [5.41, 5.74) is 0.928. The van der Waals surface area contributed by atoms with Gasteiger partial charge in [0.1, 0.15) is 5.75 Å². The van der Waals surface area contributed by atoms with Crippen molar-refractivity contribution in [2.24, 2.45) is 0 Å². The molecule has 0 aromatic heterocycles. The van der Waals surface area contributed by atoms with Crippen LogP contribution in [0.4, 0.5) is 4.39 Å². The topological polar surface area (TPSA) is 53.2 Å². The summed E-state index contributed by atoms with van der Waals surface area (Å²) in [6, 6.07) is 10.9. The van der Waals surface area contributed by atoms with Gasteiger partial charge in [-0.3, -0.25) is 0 Å². The SMILES string of the molecule is N#Cc1ccc(Oc2ccc(P)c(CO)c2)c(F)c1. The number of ether oxygens (including phenoxy) is 1. The van der Waals surface area contributed by atoms with Gasteiger partial charge in [-0.15, -0.1) is 9.24 Å². The number of aliphatic hydroxyl groups excluding tert-OH is 1. The van der Waals surface area contributed by atoms with Gasteiger partial charge in [0.15, 0.2) is 11.6 Å². The van der Waals surface area contributed by atoms with Gasteiger partial charge in [0.05, 0.1) is 18.2 Å². The van der Waals surface area contributed by atoms with Crippen molar-refractivity contribution in [3.63, 3.8) is 0 Å². The van der Waals surface area contributed by atoms with Gasteiger partial charge >= 0.3 is 0 Å². The minimum atomic E-state index is -0.598. The Morgan fingerprint density at radius 3 is 2.68 bits per heavy atom. The number of nitrogens with zero attached hydrogens (tertiary/aromatic N) is 1. The summed E-state index contributed by atoms with van der Waals surface area (Å²) >= 11 is 0. The molecule has 0 saturated heterocycles. The summed E-state index contributed by atoms with van der Waals surface area (Å²) in [5.74, 6) is -0.127. The normalized spacial score (nSPS) is 10.0. The average molecular weight is 275 g/mol. The second kappa shape index (κ2) is 5.79. The Hall–Kier alpha value is -1.95. The Morgan fingerprint density at radius 1 is 1.26 bits per heavy atom. The zero-order chi connectivity index (χ0) is 13.8. The summed E-state index contributed by atoms with van der Waals surface area (Å²) < 4.78 is 19.1. The van der Waals surface area contributed by atoms with E-state index in [-0.39, 0.29) is 17.9 Å². The van der Waals surface area contributed by atoms with E-state index < -0.39 is 5.82 Å². The number of hydrogen-bond acceptors (Lipinski definition) is 3. The van der Waals surface area contributed by atoms with Crippen LogP contribution in [0.25, 0.3) is 0 Å². The number of aliphatic hydroxyl groups is 1. The highest BCUT2D eigenvalue weighted by atomic mass is 31.0. The molecular weight excluding hydrogens is 264 g/mol. The Balaban J connectivity index is 2.29. The molecule has 5 heteroatoms. The van der Waals surface area contributed by atoms with Gasteiger partial charge in [-0.1, -0.05) is 6.07 Å². The Labute approximate surface area is 112 Å². The maximum atomic E-state index is 13.7. The van der Waals surface area contributed by atoms with E-state index in [1.807, 2.05) is 6.07 Å². The van der Waals surface area contributed by atoms with Crippen molar-refractivity contribution in [2.75, 3.05) is 0 Å². The molecule has 0 aliphatic heterocycles. The Morgan fingerprint density at radius 2 is 2.05 bits per heavy atom. The van der Waals surface area contributed by atoms with Crippen molar-refractivity contribution in [3.05, 3.63) is 53.3 Å². The smallest absolute Gasteiger partial charge is 0.167 e. The Bertz CT molecular complexity index is 652. The predicted molar refractivity (Wildman–Crippen MR) is 72.9 cm³/mol. The lowest BCUT2D eigenvalue weighted by molar-refractivity contribution is 0.282. The molecule has 19 heavy (non-hydrogen) atoms.